The number of piperidine rings is 1. The molecule has 0 aromatic heterocycles. The number of hydrogen-bond donors (Lipinski definition) is 1. The first-order chi connectivity index (χ1) is 9.72. The van der Waals surface area contributed by atoms with E-state index in [0.29, 0.717) is 31.8 Å². The molecule has 2 rings (SSSR count). The lowest BCUT2D eigenvalue weighted by atomic mass is 9.81. The number of nitrogens with zero attached hydrogens (tertiary/aromatic N) is 1. The van der Waals surface area contributed by atoms with Gasteiger partial charge in [0.1, 0.15) is 0 Å². The summed E-state index contributed by atoms with van der Waals surface area (Å²) >= 11 is 0. The van der Waals surface area contributed by atoms with Crippen LogP contribution in [0, 0.1) is 5.92 Å². The molecule has 0 unspecified atom stereocenters. The van der Waals surface area contributed by atoms with Gasteiger partial charge in [-0.2, -0.15) is 13.2 Å². The van der Waals surface area contributed by atoms with Crippen LogP contribution >= 0.6 is 0 Å². The van der Waals surface area contributed by atoms with E-state index in [1.165, 1.54) is 12.1 Å². The van der Waals surface area contributed by atoms with Crippen LogP contribution in [0.5, 0.6) is 0 Å². The van der Waals surface area contributed by atoms with Crippen molar-refractivity contribution in [3.8, 4) is 0 Å². The minimum absolute atomic E-state index is 0.0155. The number of likely N-dealkylation sites (tertiary alicyclic amines) is 1. The monoisotopic (exact) mass is 301 g/mol. The molecule has 0 bridgehead atoms. The van der Waals surface area contributed by atoms with E-state index < -0.39 is 17.3 Å². The van der Waals surface area contributed by atoms with Crippen molar-refractivity contribution in [2.45, 2.75) is 38.5 Å². The average molecular weight is 301 g/mol. The molecule has 1 aliphatic heterocycles. The van der Waals surface area contributed by atoms with Crippen LogP contribution in [-0.4, -0.2) is 29.6 Å². The molecule has 1 N–H and O–H groups in total. The van der Waals surface area contributed by atoms with Gasteiger partial charge in [-0.3, -0.25) is 0 Å². The summed E-state index contributed by atoms with van der Waals surface area (Å²) in [6.45, 7) is 6.39. The molecule has 0 saturated carbocycles. The van der Waals surface area contributed by atoms with Crippen molar-refractivity contribution in [2.24, 2.45) is 5.92 Å². The van der Waals surface area contributed by atoms with E-state index >= 15 is 0 Å². The lowest BCUT2D eigenvalue weighted by Crippen LogP contribution is -2.44. The Bertz CT molecular complexity index is 477. The number of benzene rings is 1. The lowest BCUT2D eigenvalue weighted by molar-refractivity contribution is -0.142. The van der Waals surface area contributed by atoms with E-state index in [1.807, 2.05) is 0 Å². The van der Waals surface area contributed by atoms with Crippen LogP contribution in [0.15, 0.2) is 24.3 Å². The normalized spacial score (nSPS) is 20.0. The fraction of sp³-hybridized carbons (Fsp3) is 0.625. The van der Waals surface area contributed by atoms with Gasteiger partial charge in [0, 0.05) is 19.6 Å². The Labute approximate surface area is 123 Å². The van der Waals surface area contributed by atoms with E-state index in [0.717, 1.165) is 12.6 Å². The first kappa shape index (κ1) is 16.3. The minimum atomic E-state index is -4.43. The molecule has 2 nitrogen and oxygen atoms in total. The van der Waals surface area contributed by atoms with E-state index in [2.05, 4.69) is 18.7 Å². The zero-order valence-corrected chi connectivity index (χ0v) is 12.5. The first-order valence-corrected chi connectivity index (χ1v) is 7.34. The second-order valence-electron chi connectivity index (χ2n) is 6.27. The van der Waals surface area contributed by atoms with E-state index in [-0.39, 0.29) is 5.56 Å². The van der Waals surface area contributed by atoms with Gasteiger partial charge < -0.3 is 10.0 Å². The number of halogens is 3. The fourth-order valence-corrected chi connectivity index (χ4v) is 3.03. The maximum absolute atomic E-state index is 13.1. The minimum Gasteiger partial charge on any atom is -0.385 e. The number of hydrogen-bond acceptors (Lipinski definition) is 2. The van der Waals surface area contributed by atoms with Crippen molar-refractivity contribution in [1.29, 1.82) is 0 Å². The highest BCUT2D eigenvalue weighted by Crippen LogP contribution is 2.41. The summed E-state index contributed by atoms with van der Waals surface area (Å²) in [4.78, 5) is 2.20. The Kier molecular flexibility index (Phi) is 4.63. The fourth-order valence-electron chi connectivity index (χ4n) is 3.03. The van der Waals surface area contributed by atoms with Gasteiger partial charge >= 0.3 is 6.18 Å². The van der Waals surface area contributed by atoms with Gasteiger partial charge in [0.05, 0.1) is 11.2 Å². The molecule has 1 aromatic carbocycles. The molecule has 1 saturated heterocycles. The van der Waals surface area contributed by atoms with Crippen molar-refractivity contribution in [1.82, 2.24) is 4.90 Å². The van der Waals surface area contributed by atoms with E-state index in [9.17, 15) is 18.3 Å². The zero-order chi connectivity index (χ0) is 15.7. The topological polar surface area (TPSA) is 23.5 Å². The van der Waals surface area contributed by atoms with Gasteiger partial charge in [0.25, 0.3) is 0 Å². The number of aliphatic hydroxyl groups is 1. The van der Waals surface area contributed by atoms with Crippen LogP contribution in [0.4, 0.5) is 13.2 Å². The third-order valence-electron chi connectivity index (χ3n) is 4.04. The molecule has 0 aliphatic carbocycles. The largest absolute Gasteiger partial charge is 0.416 e. The van der Waals surface area contributed by atoms with E-state index in [1.54, 1.807) is 6.07 Å². The van der Waals surface area contributed by atoms with Gasteiger partial charge in [-0.25, -0.2) is 0 Å². The molecule has 1 fully saturated rings. The molecule has 1 aromatic rings. The molecule has 0 atom stereocenters. The summed E-state index contributed by atoms with van der Waals surface area (Å²) in [6, 6.07) is 5.38. The maximum atomic E-state index is 13.1. The molecule has 0 spiro atoms. The Morgan fingerprint density at radius 1 is 1.19 bits per heavy atom. The molecule has 5 heteroatoms. The van der Waals surface area contributed by atoms with Crippen molar-refractivity contribution in [2.75, 3.05) is 19.6 Å². The summed E-state index contributed by atoms with van der Waals surface area (Å²) < 4.78 is 39.3. The molecule has 118 valence electrons. The predicted molar refractivity (Wildman–Crippen MR) is 75.9 cm³/mol. The van der Waals surface area contributed by atoms with Crippen molar-refractivity contribution >= 4 is 0 Å². The summed E-state index contributed by atoms with van der Waals surface area (Å²) in [5.74, 6) is 0.513. The van der Waals surface area contributed by atoms with Gasteiger partial charge in [-0.1, -0.05) is 32.0 Å². The summed E-state index contributed by atoms with van der Waals surface area (Å²) in [5, 5.41) is 10.7. The Morgan fingerprint density at radius 2 is 1.76 bits per heavy atom. The molecule has 0 radical (unpaired) electrons. The molecule has 1 heterocycles. The second-order valence-corrected chi connectivity index (χ2v) is 6.27. The van der Waals surface area contributed by atoms with Crippen molar-refractivity contribution in [3.63, 3.8) is 0 Å². The third kappa shape index (κ3) is 3.77. The SMILES string of the molecule is CC(C)CN1CCC(O)(c2ccccc2C(F)(F)F)CC1. The summed E-state index contributed by atoms with van der Waals surface area (Å²) in [5.41, 5.74) is -2.08. The van der Waals surface area contributed by atoms with Crippen LogP contribution in [0.1, 0.15) is 37.8 Å². The van der Waals surface area contributed by atoms with Crippen molar-refractivity contribution in [3.05, 3.63) is 35.4 Å². The van der Waals surface area contributed by atoms with Crippen molar-refractivity contribution < 1.29 is 18.3 Å². The number of rotatable bonds is 3. The van der Waals surface area contributed by atoms with E-state index in [4.69, 9.17) is 0 Å². The quantitative estimate of drug-likeness (QED) is 0.921. The van der Waals surface area contributed by atoms with Gasteiger partial charge in [0.2, 0.25) is 0 Å². The second kappa shape index (κ2) is 5.97. The first-order valence-electron chi connectivity index (χ1n) is 7.34. The smallest absolute Gasteiger partial charge is 0.385 e. The Balaban J connectivity index is 2.20. The van der Waals surface area contributed by atoms with Crippen LogP contribution in [0.2, 0.25) is 0 Å². The van der Waals surface area contributed by atoms with Crippen LogP contribution < -0.4 is 0 Å². The van der Waals surface area contributed by atoms with Crippen LogP contribution in [-0.2, 0) is 11.8 Å². The standard InChI is InChI=1S/C16H22F3NO/c1-12(2)11-20-9-7-15(21,8-10-20)13-5-3-4-6-14(13)16(17,18)19/h3-6,12,21H,7-11H2,1-2H3. The zero-order valence-electron chi connectivity index (χ0n) is 12.5. The summed E-state index contributed by atoms with van der Waals surface area (Å²) in [7, 11) is 0. The van der Waals surface area contributed by atoms with Gasteiger partial charge in [0.15, 0.2) is 0 Å². The molecular formula is C16H22F3NO. The highest BCUT2D eigenvalue weighted by atomic mass is 19.4. The summed E-state index contributed by atoms with van der Waals surface area (Å²) in [6.07, 6.45) is -3.75. The van der Waals surface area contributed by atoms with Gasteiger partial charge in [-0.05, 0) is 30.4 Å². The molecule has 21 heavy (non-hydrogen) atoms. The number of alkyl halides is 3. The highest BCUT2D eigenvalue weighted by molar-refractivity contribution is 5.35. The molecule has 1 aliphatic rings. The molecular weight excluding hydrogens is 279 g/mol. The maximum Gasteiger partial charge on any atom is 0.416 e. The van der Waals surface area contributed by atoms with Crippen LogP contribution in [0.3, 0.4) is 0 Å². The predicted octanol–water partition coefficient (Wildman–Crippen LogP) is 3.64. The Morgan fingerprint density at radius 3 is 2.29 bits per heavy atom. The lowest BCUT2D eigenvalue weighted by Gasteiger charge is -2.40. The third-order valence-corrected chi connectivity index (χ3v) is 4.04. The molecule has 0 amide bonds. The van der Waals surface area contributed by atoms with Gasteiger partial charge in [-0.15, -0.1) is 0 Å². The average Bonchev–Trinajstić information content (AvgIpc) is 2.40. The Hall–Kier alpha value is -1.07. The highest BCUT2D eigenvalue weighted by Gasteiger charge is 2.42. The van der Waals surface area contributed by atoms with Crippen LogP contribution in [0.25, 0.3) is 0 Å².